The third kappa shape index (κ3) is 7.05. The van der Waals surface area contributed by atoms with Crippen LogP contribution in [-0.4, -0.2) is 57.9 Å². The van der Waals surface area contributed by atoms with Crippen molar-refractivity contribution in [1.82, 2.24) is 8.61 Å². The maximum absolute atomic E-state index is 12.6. The quantitative estimate of drug-likeness (QED) is 0.514. The molecule has 144 valence electrons. The van der Waals surface area contributed by atoms with Crippen LogP contribution in [0.5, 0.6) is 0 Å². The minimum absolute atomic E-state index is 0.323. The summed E-state index contributed by atoms with van der Waals surface area (Å²) in [5.41, 5.74) is 0. The summed E-state index contributed by atoms with van der Waals surface area (Å²) >= 11 is 0. The first-order valence-corrected chi connectivity index (χ1v) is 12.0. The van der Waals surface area contributed by atoms with Crippen LogP contribution < -0.4 is 0 Å². The van der Waals surface area contributed by atoms with Crippen molar-refractivity contribution in [3.63, 3.8) is 0 Å². The van der Waals surface area contributed by atoms with E-state index in [1.54, 1.807) is 30.3 Å². The number of unbranched alkanes of at least 4 members (excludes halogenated alkanes) is 3. The van der Waals surface area contributed by atoms with E-state index in [0.29, 0.717) is 31.1 Å². The highest BCUT2D eigenvalue weighted by molar-refractivity contribution is 7.89. The van der Waals surface area contributed by atoms with E-state index in [4.69, 9.17) is 0 Å². The lowest BCUT2D eigenvalue weighted by atomic mass is 10.2. The summed E-state index contributed by atoms with van der Waals surface area (Å²) in [6.07, 6.45) is 4.55. The van der Waals surface area contributed by atoms with E-state index in [0.717, 1.165) is 25.7 Å². The molecule has 0 saturated carbocycles. The van der Waals surface area contributed by atoms with Gasteiger partial charge in [-0.1, -0.05) is 44.9 Å². The number of hydrogen-bond donors (Lipinski definition) is 0. The summed E-state index contributed by atoms with van der Waals surface area (Å²) in [6.45, 7) is 5.60. The molecule has 0 fully saturated rings. The molecule has 0 atom stereocenters. The molecular formula is C17H30N2O4S2. The summed E-state index contributed by atoms with van der Waals surface area (Å²) in [5, 5.41) is 0. The highest BCUT2D eigenvalue weighted by Crippen LogP contribution is 2.16. The lowest BCUT2D eigenvalue weighted by molar-refractivity contribution is 0.396. The molecule has 0 heterocycles. The van der Waals surface area contributed by atoms with Crippen molar-refractivity contribution >= 4 is 20.0 Å². The summed E-state index contributed by atoms with van der Waals surface area (Å²) in [5.74, 6) is 0. The fourth-order valence-corrected chi connectivity index (χ4v) is 5.12. The molecule has 0 saturated heterocycles. The van der Waals surface area contributed by atoms with Gasteiger partial charge in [0, 0.05) is 26.2 Å². The van der Waals surface area contributed by atoms with Gasteiger partial charge < -0.3 is 0 Å². The van der Waals surface area contributed by atoms with Gasteiger partial charge in [-0.2, -0.15) is 4.31 Å². The molecule has 0 N–H and O–H groups in total. The normalized spacial score (nSPS) is 12.8. The van der Waals surface area contributed by atoms with E-state index in [1.807, 2.05) is 13.8 Å². The molecule has 0 amide bonds. The number of sulfonamides is 2. The Labute approximate surface area is 152 Å². The van der Waals surface area contributed by atoms with E-state index in [2.05, 4.69) is 0 Å². The summed E-state index contributed by atoms with van der Waals surface area (Å²) in [4.78, 5) is 0.323. The molecule has 0 radical (unpaired) electrons. The molecule has 0 aliphatic heterocycles. The number of hydrogen-bond acceptors (Lipinski definition) is 4. The van der Waals surface area contributed by atoms with Gasteiger partial charge in [-0.25, -0.2) is 21.1 Å². The average Bonchev–Trinajstić information content (AvgIpc) is 2.57. The highest BCUT2D eigenvalue weighted by atomic mass is 32.2. The first kappa shape index (κ1) is 22.1. The molecule has 8 heteroatoms. The predicted molar refractivity (Wildman–Crippen MR) is 101 cm³/mol. The number of rotatable bonds is 12. The lowest BCUT2D eigenvalue weighted by Gasteiger charge is -2.20. The van der Waals surface area contributed by atoms with Crippen LogP contribution in [0.1, 0.15) is 39.5 Å². The standard InChI is InChI=1S/C17H30N2O4S2/c1-4-18(24(3,20)21)15-11-6-7-12-16-19(5-2)25(22,23)17-13-9-8-10-14-17/h8-10,13-14H,4-7,11-12,15-16H2,1-3H3. The Bertz CT molecular complexity index is 703. The Kier molecular flexibility index (Phi) is 9.06. The highest BCUT2D eigenvalue weighted by Gasteiger charge is 2.22. The first-order valence-electron chi connectivity index (χ1n) is 8.73. The first-order chi connectivity index (χ1) is 11.7. The fraction of sp³-hybridized carbons (Fsp3) is 0.647. The van der Waals surface area contributed by atoms with Crippen LogP contribution in [0.15, 0.2) is 35.2 Å². The van der Waals surface area contributed by atoms with Gasteiger partial charge in [0.25, 0.3) is 0 Å². The smallest absolute Gasteiger partial charge is 0.213 e. The third-order valence-corrected chi connectivity index (χ3v) is 7.49. The van der Waals surface area contributed by atoms with E-state index in [-0.39, 0.29) is 0 Å². The molecule has 0 spiro atoms. The van der Waals surface area contributed by atoms with Crippen molar-refractivity contribution in [2.24, 2.45) is 0 Å². The second-order valence-corrected chi connectivity index (χ2v) is 9.90. The Morgan fingerprint density at radius 1 is 0.760 bits per heavy atom. The zero-order valence-electron chi connectivity index (χ0n) is 15.4. The maximum atomic E-state index is 12.6. The van der Waals surface area contributed by atoms with Gasteiger partial charge >= 0.3 is 0 Å². The van der Waals surface area contributed by atoms with Gasteiger partial charge in [-0.05, 0) is 25.0 Å². The molecule has 1 rings (SSSR count). The number of nitrogens with zero attached hydrogens (tertiary/aromatic N) is 2. The Morgan fingerprint density at radius 3 is 1.68 bits per heavy atom. The summed E-state index contributed by atoms with van der Waals surface area (Å²) in [7, 11) is -6.56. The molecular weight excluding hydrogens is 360 g/mol. The maximum Gasteiger partial charge on any atom is 0.243 e. The molecule has 0 aliphatic carbocycles. The molecule has 0 unspecified atom stereocenters. The van der Waals surface area contributed by atoms with Crippen molar-refractivity contribution in [3.8, 4) is 0 Å². The summed E-state index contributed by atoms with van der Waals surface area (Å²) in [6, 6.07) is 8.47. The average molecular weight is 391 g/mol. The van der Waals surface area contributed by atoms with Crippen LogP contribution in [0.4, 0.5) is 0 Å². The molecule has 25 heavy (non-hydrogen) atoms. The molecule has 0 bridgehead atoms. The second kappa shape index (κ2) is 10.3. The fourth-order valence-electron chi connectivity index (χ4n) is 2.68. The minimum atomic E-state index is -3.43. The third-order valence-electron chi connectivity index (χ3n) is 4.12. The number of benzene rings is 1. The molecule has 0 aliphatic rings. The second-order valence-electron chi connectivity index (χ2n) is 5.98. The van der Waals surface area contributed by atoms with Gasteiger partial charge in [0.05, 0.1) is 11.2 Å². The van der Waals surface area contributed by atoms with Crippen LogP contribution in [0.25, 0.3) is 0 Å². The monoisotopic (exact) mass is 390 g/mol. The molecule has 0 aromatic heterocycles. The van der Waals surface area contributed by atoms with Crippen molar-refractivity contribution in [3.05, 3.63) is 30.3 Å². The zero-order chi connectivity index (χ0) is 18.9. The Balaban J connectivity index is 2.42. The van der Waals surface area contributed by atoms with Crippen LogP contribution in [0, 0.1) is 0 Å². The van der Waals surface area contributed by atoms with Crippen molar-refractivity contribution in [1.29, 1.82) is 0 Å². The van der Waals surface area contributed by atoms with E-state index in [1.165, 1.54) is 14.9 Å². The van der Waals surface area contributed by atoms with Gasteiger partial charge in [0.2, 0.25) is 20.0 Å². The topological polar surface area (TPSA) is 74.8 Å². The van der Waals surface area contributed by atoms with Gasteiger partial charge in [0.15, 0.2) is 0 Å². The van der Waals surface area contributed by atoms with E-state index >= 15 is 0 Å². The van der Waals surface area contributed by atoms with Crippen molar-refractivity contribution in [2.45, 2.75) is 44.4 Å². The largest absolute Gasteiger partial charge is 0.243 e. The minimum Gasteiger partial charge on any atom is -0.213 e. The Morgan fingerprint density at radius 2 is 1.24 bits per heavy atom. The molecule has 6 nitrogen and oxygen atoms in total. The SMILES string of the molecule is CCN(CCCCCCN(CC)S(=O)(=O)c1ccccc1)S(C)(=O)=O. The predicted octanol–water partition coefficient (Wildman–Crippen LogP) is 2.54. The summed E-state index contributed by atoms with van der Waals surface area (Å²) < 4.78 is 51.1. The molecule has 1 aromatic rings. The van der Waals surface area contributed by atoms with Crippen LogP contribution in [0.3, 0.4) is 0 Å². The van der Waals surface area contributed by atoms with Crippen molar-refractivity contribution < 1.29 is 16.8 Å². The lowest BCUT2D eigenvalue weighted by Crippen LogP contribution is -2.32. The van der Waals surface area contributed by atoms with E-state index in [9.17, 15) is 16.8 Å². The van der Waals surface area contributed by atoms with Gasteiger partial charge in [0.1, 0.15) is 0 Å². The van der Waals surface area contributed by atoms with Gasteiger partial charge in [-0.15, -0.1) is 0 Å². The molecule has 1 aromatic carbocycles. The zero-order valence-corrected chi connectivity index (χ0v) is 17.0. The van der Waals surface area contributed by atoms with Gasteiger partial charge in [-0.3, -0.25) is 0 Å². The van der Waals surface area contributed by atoms with Crippen LogP contribution >= 0.6 is 0 Å². The van der Waals surface area contributed by atoms with Crippen LogP contribution in [-0.2, 0) is 20.0 Å². The van der Waals surface area contributed by atoms with E-state index < -0.39 is 20.0 Å². The van der Waals surface area contributed by atoms with Crippen molar-refractivity contribution in [2.75, 3.05) is 32.4 Å². The Hall–Kier alpha value is -0.960. The van der Waals surface area contributed by atoms with Crippen LogP contribution in [0.2, 0.25) is 0 Å².